The minimum absolute atomic E-state index is 0.352. The molecular formula is C28H34O2P+. The fourth-order valence-electron chi connectivity index (χ4n) is 4.73. The molecule has 1 heterocycles. The fraction of sp³-hybridized carbons (Fsp3) is 0.357. The van der Waals surface area contributed by atoms with Gasteiger partial charge in [-0.2, -0.15) is 0 Å². The van der Waals surface area contributed by atoms with E-state index < -0.39 is 7.26 Å². The second-order valence-electron chi connectivity index (χ2n) is 8.53. The van der Waals surface area contributed by atoms with Gasteiger partial charge in [-0.25, -0.2) is 0 Å². The summed E-state index contributed by atoms with van der Waals surface area (Å²) in [5.74, 6) is -0.352. The summed E-state index contributed by atoms with van der Waals surface area (Å²) < 4.78 is 11.5. The first-order chi connectivity index (χ1) is 15.2. The Hall–Kier alpha value is -1.99. The third-order valence-electron chi connectivity index (χ3n) is 6.36. The molecule has 0 atom stereocenters. The van der Waals surface area contributed by atoms with Gasteiger partial charge >= 0.3 is 0 Å². The van der Waals surface area contributed by atoms with Crippen molar-refractivity contribution in [3.05, 3.63) is 91.0 Å². The highest BCUT2D eigenvalue weighted by Crippen LogP contribution is 2.56. The summed E-state index contributed by atoms with van der Waals surface area (Å²) in [5, 5.41) is 4.44. The molecule has 0 N–H and O–H groups in total. The van der Waals surface area contributed by atoms with E-state index in [1.54, 1.807) is 0 Å². The molecule has 2 nitrogen and oxygen atoms in total. The van der Waals surface area contributed by atoms with Crippen LogP contribution in [0.15, 0.2) is 91.0 Å². The van der Waals surface area contributed by atoms with Crippen molar-refractivity contribution in [3.8, 4) is 0 Å². The molecule has 0 bridgehead atoms. The van der Waals surface area contributed by atoms with Gasteiger partial charge in [0.25, 0.3) is 0 Å². The van der Waals surface area contributed by atoms with Crippen LogP contribution in [-0.4, -0.2) is 25.2 Å². The average molecular weight is 434 g/mol. The summed E-state index contributed by atoms with van der Waals surface area (Å²) in [7, 11) is -1.69. The first-order valence-electron chi connectivity index (χ1n) is 11.6. The second kappa shape index (κ2) is 10.6. The van der Waals surface area contributed by atoms with Gasteiger partial charge < -0.3 is 9.47 Å². The van der Waals surface area contributed by atoms with Crippen molar-refractivity contribution in [1.29, 1.82) is 0 Å². The third-order valence-corrected chi connectivity index (χ3v) is 10.9. The van der Waals surface area contributed by atoms with Crippen molar-refractivity contribution >= 4 is 23.2 Å². The van der Waals surface area contributed by atoms with Crippen LogP contribution in [0.3, 0.4) is 0 Å². The molecule has 1 fully saturated rings. The first kappa shape index (κ1) is 22.2. The maximum Gasteiger partial charge on any atom is 0.165 e. The number of unbranched alkanes of at least 4 members (excludes halogenated alkanes) is 3. The molecule has 162 valence electrons. The Labute approximate surface area is 188 Å². The quantitative estimate of drug-likeness (QED) is 0.302. The maximum absolute atomic E-state index is 5.76. The van der Waals surface area contributed by atoms with E-state index in [4.69, 9.17) is 9.47 Å². The van der Waals surface area contributed by atoms with Crippen LogP contribution >= 0.6 is 7.26 Å². The molecular weight excluding hydrogens is 399 g/mol. The first-order valence-corrected chi connectivity index (χ1v) is 13.5. The normalized spacial score (nSPS) is 15.8. The molecule has 3 aromatic rings. The van der Waals surface area contributed by atoms with Gasteiger partial charge in [-0.3, -0.25) is 0 Å². The highest BCUT2D eigenvalue weighted by atomic mass is 31.2. The summed E-state index contributed by atoms with van der Waals surface area (Å²) in [6.45, 7) is 3.54. The largest absolute Gasteiger partial charge is 0.348 e. The highest BCUT2D eigenvalue weighted by Gasteiger charge is 2.44. The van der Waals surface area contributed by atoms with E-state index in [1.807, 2.05) is 0 Å². The Balaban J connectivity index is 1.53. The summed E-state index contributed by atoms with van der Waals surface area (Å²) >= 11 is 0. The average Bonchev–Trinajstić information content (AvgIpc) is 3.27. The smallest absolute Gasteiger partial charge is 0.165 e. The van der Waals surface area contributed by atoms with Crippen molar-refractivity contribution in [2.75, 3.05) is 19.4 Å². The van der Waals surface area contributed by atoms with Gasteiger partial charge in [0.1, 0.15) is 23.2 Å². The lowest BCUT2D eigenvalue weighted by Crippen LogP contribution is -2.33. The van der Waals surface area contributed by atoms with Crippen molar-refractivity contribution in [2.24, 2.45) is 0 Å². The number of ether oxygens (including phenoxy) is 2. The van der Waals surface area contributed by atoms with Crippen LogP contribution in [0, 0.1) is 0 Å². The van der Waals surface area contributed by atoms with Crippen molar-refractivity contribution in [3.63, 3.8) is 0 Å². The van der Waals surface area contributed by atoms with E-state index in [-0.39, 0.29) is 5.79 Å². The number of benzene rings is 3. The van der Waals surface area contributed by atoms with Gasteiger partial charge in [0, 0.05) is 6.42 Å². The van der Waals surface area contributed by atoms with Crippen molar-refractivity contribution in [1.82, 2.24) is 0 Å². The van der Waals surface area contributed by atoms with E-state index in [2.05, 4.69) is 97.9 Å². The molecule has 1 aliphatic rings. The third kappa shape index (κ3) is 5.26. The molecule has 0 amide bonds. The van der Waals surface area contributed by atoms with Crippen molar-refractivity contribution in [2.45, 2.75) is 44.8 Å². The van der Waals surface area contributed by atoms with Gasteiger partial charge in [-0.15, -0.1) is 0 Å². The lowest BCUT2D eigenvalue weighted by Gasteiger charge is -2.28. The summed E-state index contributed by atoms with van der Waals surface area (Å²) in [6.07, 6.45) is 7.04. The predicted molar refractivity (Wildman–Crippen MR) is 133 cm³/mol. The molecule has 0 radical (unpaired) electrons. The number of rotatable bonds is 10. The van der Waals surface area contributed by atoms with Gasteiger partial charge in [-0.1, -0.05) is 61.0 Å². The molecule has 3 heteroatoms. The zero-order valence-electron chi connectivity index (χ0n) is 18.6. The van der Waals surface area contributed by atoms with E-state index in [0.29, 0.717) is 0 Å². The molecule has 3 aromatic carbocycles. The standard InChI is InChI=1S/C28H34O2P/c1-28(29-22-23-30-28)21-13-2-3-14-24-31(25-15-7-4-8-16-25,26-17-9-5-10-18-26)27-19-11-6-12-20-27/h4-12,15-20H,2-3,13-14,21-24H2,1H3/q+1. The Kier molecular flexibility index (Phi) is 7.56. The Bertz CT molecular complexity index is 809. The number of hydrogen-bond acceptors (Lipinski definition) is 2. The van der Waals surface area contributed by atoms with Crippen LogP contribution in [0.1, 0.15) is 39.0 Å². The van der Waals surface area contributed by atoms with Gasteiger partial charge in [0.2, 0.25) is 0 Å². The van der Waals surface area contributed by atoms with E-state index >= 15 is 0 Å². The topological polar surface area (TPSA) is 18.5 Å². The fourth-order valence-corrected chi connectivity index (χ4v) is 9.14. The number of hydrogen-bond donors (Lipinski definition) is 0. The second-order valence-corrected chi connectivity index (χ2v) is 12.2. The zero-order chi connectivity index (χ0) is 21.4. The molecule has 0 aromatic heterocycles. The van der Waals surface area contributed by atoms with Gasteiger partial charge in [-0.05, 0) is 62.6 Å². The SMILES string of the molecule is CC1(CCCCCC[P+](c2ccccc2)(c2ccccc2)c2ccccc2)OCCO1. The lowest BCUT2D eigenvalue weighted by atomic mass is 10.1. The molecule has 1 saturated heterocycles. The Morgan fingerprint density at radius 2 is 1.03 bits per heavy atom. The van der Waals surface area contributed by atoms with E-state index in [9.17, 15) is 0 Å². The minimum atomic E-state index is -1.69. The molecule has 0 spiro atoms. The van der Waals surface area contributed by atoms with Crippen molar-refractivity contribution < 1.29 is 9.47 Å². The summed E-state index contributed by atoms with van der Waals surface area (Å²) in [5.41, 5.74) is 0. The summed E-state index contributed by atoms with van der Waals surface area (Å²) in [6, 6.07) is 33.6. The van der Waals surface area contributed by atoms with Crippen LogP contribution in [0.5, 0.6) is 0 Å². The monoisotopic (exact) mass is 433 g/mol. The maximum atomic E-state index is 5.76. The zero-order valence-corrected chi connectivity index (χ0v) is 19.5. The molecule has 0 unspecified atom stereocenters. The molecule has 1 aliphatic heterocycles. The predicted octanol–water partition coefficient (Wildman–Crippen LogP) is 5.69. The molecule has 31 heavy (non-hydrogen) atoms. The molecule has 0 aliphatic carbocycles. The van der Waals surface area contributed by atoms with Gasteiger partial charge in [0.05, 0.1) is 19.4 Å². The minimum Gasteiger partial charge on any atom is -0.348 e. The van der Waals surface area contributed by atoms with Gasteiger partial charge in [0.15, 0.2) is 5.79 Å². The van der Waals surface area contributed by atoms with E-state index in [1.165, 1.54) is 41.3 Å². The Morgan fingerprint density at radius 3 is 1.48 bits per heavy atom. The van der Waals surface area contributed by atoms with Crippen LogP contribution in [0.25, 0.3) is 0 Å². The van der Waals surface area contributed by atoms with E-state index in [0.717, 1.165) is 26.1 Å². The summed E-state index contributed by atoms with van der Waals surface area (Å²) in [4.78, 5) is 0. The Morgan fingerprint density at radius 1 is 0.613 bits per heavy atom. The van der Waals surface area contributed by atoms with Crippen LogP contribution in [-0.2, 0) is 9.47 Å². The highest BCUT2D eigenvalue weighted by molar-refractivity contribution is 7.95. The molecule has 0 saturated carbocycles. The molecule has 4 rings (SSSR count). The lowest BCUT2D eigenvalue weighted by molar-refractivity contribution is -0.147. The van der Waals surface area contributed by atoms with Crippen LogP contribution < -0.4 is 15.9 Å². The van der Waals surface area contributed by atoms with Crippen LogP contribution in [0.2, 0.25) is 0 Å². The van der Waals surface area contributed by atoms with Crippen LogP contribution in [0.4, 0.5) is 0 Å².